The van der Waals surface area contributed by atoms with Gasteiger partial charge in [-0.05, 0) is 49.7 Å². The number of ether oxygens (including phenoxy) is 1. The van der Waals surface area contributed by atoms with Crippen molar-refractivity contribution in [3.05, 3.63) is 46.5 Å². The van der Waals surface area contributed by atoms with Crippen LogP contribution in [0.5, 0.6) is 5.88 Å². The molecule has 7 N–H and O–H groups in total. The number of piperidine rings is 1. The number of aliphatic hydroxyl groups excluding tert-OH is 1. The fourth-order valence-electron chi connectivity index (χ4n) is 3.22. The van der Waals surface area contributed by atoms with Gasteiger partial charge in [-0.2, -0.15) is 4.98 Å². The fourth-order valence-corrected chi connectivity index (χ4v) is 3.37. The molecule has 0 saturated carbocycles. The average Bonchev–Trinajstić information content (AvgIpc) is 2.83. The molecule has 1 saturated heterocycles. The van der Waals surface area contributed by atoms with Gasteiger partial charge in [-0.3, -0.25) is 19.3 Å². The lowest BCUT2D eigenvalue weighted by Crippen LogP contribution is -2.36. The maximum absolute atomic E-state index is 11.9. The Kier molecular flexibility index (Phi) is 13.1. The van der Waals surface area contributed by atoms with E-state index in [0.717, 1.165) is 38.6 Å². The normalized spacial score (nSPS) is 12.8. The van der Waals surface area contributed by atoms with Crippen LogP contribution in [-0.4, -0.2) is 71.7 Å². The van der Waals surface area contributed by atoms with E-state index in [1.807, 2.05) is 0 Å². The van der Waals surface area contributed by atoms with E-state index >= 15 is 0 Å². The minimum atomic E-state index is -0.855. The zero-order valence-corrected chi connectivity index (χ0v) is 20.5. The molecule has 3 rings (SSSR count). The highest BCUT2D eigenvalue weighted by Gasteiger charge is 2.14. The van der Waals surface area contributed by atoms with E-state index < -0.39 is 11.9 Å². The Hall–Kier alpha value is -3.41. The summed E-state index contributed by atoms with van der Waals surface area (Å²) in [6, 6.07) is 8.26. The van der Waals surface area contributed by atoms with Crippen LogP contribution in [0, 0.1) is 0 Å². The summed E-state index contributed by atoms with van der Waals surface area (Å²) in [7, 11) is 2.36. The molecular formula is C23H32ClN5O6. The van der Waals surface area contributed by atoms with Crippen LogP contribution >= 0.6 is 11.6 Å². The molecule has 2 heterocycles. The molecule has 2 amide bonds. The van der Waals surface area contributed by atoms with Gasteiger partial charge in [-0.1, -0.05) is 30.2 Å². The number of rotatable bonds is 7. The number of carbonyl (C=O) groups is 3. The number of nitrogens with two attached hydrogens (primary N) is 2. The van der Waals surface area contributed by atoms with E-state index in [2.05, 4.69) is 15.2 Å². The van der Waals surface area contributed by atoms with E-state index in [-0.39, 0.29) is 34.6 Å². The van der Waals surface area contributed by atoms with Gasteiger partial charge in [0.25, 0.3) is 5.91 Å². The molecule has 2 aromatic rings. The molecule has 1 aliphatic rings. The van der Waals surface area contributed by atoms with Crippen molar-refractivity contribution in [3.8, 4) is 5.88 Å². The number of benzene rings is 1. The Balaban J connectivity index is 0.000000354. The first kappa shape index (κ1) is 29.6. The quantitative estimate of drug-likeness (QED) is 0.371. The number of amides is 2. The van der Waals surface area contributed by atoms with Crippen molar-refractivity contribution in [2.45, 2.75) is 25.7 Å². The molecule has 0 bridgehead atoms. The number of aliphatic carboxylic acids is 1. The molecule has 0 spiro atoms. The number of anilines is 2. The van der Waals surface area contributed by atoms with Crippen LogP contribution in [0.1, 0.15) is 35.2 Å². The van der Waals surface area contributed by atoms with Gasteiger partial charge in [0, 0.05) is 12.8 Å². The summed E-state index contributed by atoms with van der Waals surface area (Å²) >= 11 is 5.64. The number of nitrogen functional groups attached to an aromatic ring is 1. The molecular weight excluding hydrogens is 478 g/mol. The third-order valence-electron chi connectivity index (χ3n) is 4.84. The summed E-state index contributed by atoms with van der Waals surface area (Å²) in [6.45, 7) is 2.41. The van der Waals surface area contributed by atoms with Crippen LogP contribution < -0.4 is 21.5 Å². The first-order chi connectivity index (χ1) is 16.7. The number of hydrogen-bond donors (Lipinski definition) is 5. The number of carboxylic acids is 1. The van der Waals surface area contributed by atoms with Crippen molar-refractivity contribution < 1.29 is 29.3 Å². The Labute approximate surface area is 209 Å². The van der Waals surface area contributed by atoms with E-state index in [1.165, 1.54) is 19.6 Å². The number of halogens is 1. The van der Waals surface area contributed by atoms with Gasteiger partial charge in [0.15, 0.2) is 0 Å². The average molecular weight is 510 g/mol. The van der Waals surface area contributed by atoms with Crippen LogP contribution in [-0.2, 0) is 16.0 Å². The van der Waals surface area contributed by atoms with Crippen LogP contribution in [0.15, 0.2) is 30.3 Å². The number of carbonyl (C=O) groups excluding carboxylic acids is 2. The Morgan fingerprint density at radius 2 is 1.74 bits per heavy atom. The third-order valence-corrected chi connectivity index (χ3v) is 5.14. The lowest BCUT2D eigenvalue weighted by molar-refractivity contribution is -0.136. The number of nitrogens with zero attached hydrogens (tertiary/aromatic N) is 2. The smallest absolute Gasteiger partial charge is 0.307 e. The predicted octanol–water partition coefficient (Wildman–Crippen LogP) is 1.77. The van der Waals surface area contributed by atoms with Crippen LogP contribution in [0.2, 0.25) is 5.02 Å². The third kappa shape index (κ3) is 10.6. The van der Waals surface area contributed by atoms with Crippen molar-refractivity contribution in [1.29, 1.82) is 0 Å². The number of likely N-dealkylation sites (tertiary alicyclic amines) is 1. The van der Waals surface area contributed by atoms with Crippen molar-refractivity contribution >= 4 is 40.9 Å². The molecule has 0 atom stereocenters. The number of aliphatic hydroxyl groups is 1. The minimum absolute atomic E-state index is 0.00199. The van der Waals surface area contributed by atoms with E-state index in [1.54, 1.807) is 24.3 Å². The van der Waals surface area contributed by atoms with Gasteiger partial charge >= 0.3 is 5.97 Å². The molecule has 1 aromatic carbocycles. The molecule has 1 aliphatic heterocycles. The van der Waals surface area contributed by atoms with Gasteiger partial charge < -0.3 is 31.7 Å². The zero-order valence-electron chi connectivity index (χ0n) is 19.8. The summed E-state index contributed by atoms with van der Waals surface area (Å²) in [5.41, 5.74) is 12.0. The van der Waals surface area contributed by atoms with Crippen molar-refractivity contribution in [2.24, 2.45) is 5.73 Å². The summed E-state index contributed by atoms with van der Waals surface area (Å²) in [5, 5.41) is 18.7. The number of pyridine rings is 1. The largest absolute Gasteiger partial charge is 0.481 e. The Morgan fingerprint density at radius 1 is 1.14 bits per heavy atom. The lowest BCUT2D eigenvalue weighted by Gasteiger charge is -2.25. The predicted molar refractivity (Wildman–Crippen MR) is 134 cm³/mol. The highest BCUT2D eigenvalue weighted by molar-refractivity contribution is 6.33. The van der Waals surface area contributed by atoms with Gasteiger partial charge in [0.05, 0.1) is 25.1 Å². The SMILES string of the molecule is CO.COc1nc(N)c(Cl)cc1C(N)=O.O=C(O)Cc1ccc(NC(=O)CN2CCCCC2)cc1. The van der Waals surface area contributed by atoms with Crippen LogP contribution in [0.3, 0.4) is 0 Å². The highest BCUT2D eigenvalue weighted by Crippen LogP contribution is 2.24. The van der Waals surface area contributed by atoms with Gasteiger partial charge in [-0.25, -0.2) is 0 Å². The molecule has 12 heteroatoms. The zero-order chi connectivity index (χ0) is 26.4. The number of methoxy groups -OCH3 is 1. The second-order valence-electron chi connectivity index (χ2n) is 7.43. The van der Waals surface area contributed by atoms with Crippen molar-refractivity contribution in [2.75, 3.05) is 44.9 Å². The Morgan fingerprint density at radius 3 is 2.26 bits per heavy atom. The summed E-state index contributed by atoms with van der Waals surface area (Å²) < 4.78 is 4.79. The number of nitrogens with one attached hydrogen (secondary N) is 1. The number of carboxylic acid groups (broad SMARTS) is 1. The summed E-state index contributed by atoms with van der Waals surface area (Å²) in [4.78, 5) is 39.2. The first-order valence-corrected chi connectivity index (χ1v) is 11.1. The molecule has 1 fully saturated rings. The Bertz CT molecular complexity index is 981. The lowest BCUT2D eigenvalue weighted by atomic mass is 10.1. The maximum Gasteiger partial charge on any atom is 0.307 e. The van der Waals surface area contributed by atoms with E-state index in [0.29, 0.717) is 12.2 Å². The second kappa shape index (κ2) is 15.5. The molecule has 1 aromatic heterocycles. The van der Waals surface area contributed by atoms with E-state index in [9.17, 15) is 14.4 Å². The molecule has 11 nitrogen and oxygen atoms in total. The topological polar surface area (TPSA) is 181 Å². The van der Waals surface area contributed by atoms with Gasteiger partial charge in [0.1, 0.15) is 11.4 Å². The van der Waals surface area contributed by atoms with E-state index in [4.69, 9.17) is 38.0 Å². The molecule has 0 unspecified atom stereocenters. The van der Waals surface area contributed by atoms with Crippen molar-refractivity contribution in [1.82, 2.24) is 9.88 Å². The summed E-state index contributed by atoms with van der Waals surface area (Å²) in [6.07, 6.45) is 3.58. The highest BCUT2D eigenvalue weighted by atomic mass is 35.5. The second-order valence-corrected chi connectivity index (χ2v) is 7.84. The number of primary amides is 1. The monoisotopic (exact) mass is 509 g/mol. The standard InChI is InChI=1S/C15H20N2O3.C7H8ClN3O2.CH4O/c18-14(11-17-8-2-1-3-9-17)16-13-6-4-12(5-7-13)10-15(19)20;1-13-7-3(6(10)12)2-4(8)5(9)11-7;1-2/h4-7H,1-3,8-11H2,(H,16,18)(H,19,20);2H,1H3,(H2,9,11)(H2,10,12);2H,1H3. The van der Waals surface area contributed by atoms with Gasteiger partial charge in [0.2, 0.25) is 11.8 Å². The number of aromatic nitrogens is 1. The molecule has 0 aliphatic carbocycles. The molecule has 0 radical (unpaired) electrons. The maximum atomic E-state index is 11.9. The van der Waals surface area contributed by atoms with Crippen LogP contribution in [0.25, 0.3) is 0 Å². The van der Waals surface area contributed by atoms with Crippen LogP contribution in [0.4, 0.5) is 11.5 Å². The summed E-state index contributed by atoms with van der Waals surface area (Å²) in [5.74, 6) is -1.35. The van der Waals surface area contributed by atoms with Gasteiger partial charge in [-0.15, -0.1) is 0 Å². The first-order valence-electron chi connectivity index (χ1n) is 10.8. The fraction of sp³-hybridized carbons (Fsp3) is 0.391. The number of hydrogen-bond acceptors (Lipinski definition) is 8. The molecule has 35 heavy (non-hydrogen) atoms. The minimum Gasteiger partial charge on any atom is -0.481 e. The molecule has 192 valence electrons. The van der Waals surface area contributed by atoms with Crippen molar-refractivity contribution in [3.63, 3.8) is 0 Å².